The van der Waals surface area contributed by atoms with Crippen LogP contribution >= 0.6 is 0 Å². The molecule has 1 aromatic heterocycles. The van der Waals surface area contributed by atoms with Crippen molar-refractivity contribution in [1.29, 1.82) is 0 Å². The van der Waals surface area contributed by atoms with Crippen molar-refractivity contribution in [2.75, 3.05) is 39.8 Å². The van der Waals surface area contributed by atoms with Gasteiger partial charge in [-0.2, -0.15) is 0 Å². The highest BCUT2D eigenvalue weighted by atomic mass is 16.1. The molecule has 0 radical (unpaired) electrons. The number of benzene rings is 3. The molecule has 1 amide bonds. The molecule has 7 nitrogen and oxygen atoms in total. The van der Waals surface area contributed by atoms with Gasteiger partial charge in [0.2, 0.25) is 0 Å². The number of rotatable bonds is 10. The molecule has 4 aromatic rings. The fourth-order valence-corrected chi connectivity index (χ4v) is 5.88. The predicted molar refractivity (Wildman–Crippen MR) is 183 cm³/mol. The van der Waals surface area contributed by atoms with Crippen molar-refractivity contribution < 1.29 is 4.79 Å². The van der Waals surface area contributed by atoms with E-state index in [9.17, 15) is 4.79 Å². The van der Waals surface area contributed by atoms with Gasteiger partial charge in [-0.05, 0) is 25.0 Å². The first-order valence-corrected chi connectivity index (χ1v) is 15.9. The van der Waals surface area contributed by atoms with E-state index in [4.69, 9.17) is 10.7 Å². The van der Waals surface area contributed by atoms with Crippen molar-refractivity contribution in [3.63, 3.8) is 0 Å². The van der Waals surface area contributed by atoms with Gasteiger partial charge in [0.05, 0.1) is 22.8 Å². The molecule has 3 aromatic carbocycles. The number of carbonyl (C=O) groups is 1. The van der Waals surface area contributed by atoms with Gasteiger partial charge in [-0.25, -0.2) is 4.98 Å². The molecular weight excluding hydrogens is 544 g/mol. The maximum absolute atomic E-state index is 14.2. The average molecular weight is 593 g/mol. The van der Waals surface area contributed by atoms with Crippen LogP contribution in [0, 0.1) is 0 Å². The highest BCUT2D eigenvalue weighted by molar-refractivity contribution is 6.09. The second-order valence-corrected chi connectivity index (χ2v) is 11.0. The molecule has 5 rings (SSSR count). The van der Waals surface area contributed by atoms with Crippen molar-refractivity contribution in [2.45, 2.75) is 46.7 Å². The van der Waals surface area contributed by atoms with Crippen LogP contribution < -0.4 is 11.1 Å². The monoisotopic (exact) mass is 592 g/mol. The smallest absolute Gasteiger partial charge is 0.252 e. The molecule has 7 heteroatoms. The van der Waals surface area contributed by atoms with Crippen LogP contribution in [0.15, 0.2) is 97.0 Å². The van der Waals surface area contributed by atoms with Gasteiger partial charge in [0, 0.05) is 69.0 Å². The van der Waals surface area contributed by atoms with Gasteiger partial charge >= 0.3 is 0 Å². The molecule has 0 bridgehead atoms. The van der Waals surface area contributed by atoms with Crippen LogP contribution in [0.4, 0.5) is 0 Å². The Kier molecular flexibility index (Phi) is 11.8. The van der Waals surface area contributed by atoms with Crippen LogP contribution in [0.2, 0.25) is 0 Å². The number of carbonyl (C=O) groups excluding carboxylic acids is 1. The molecule has 0 saturated carbocycles. The lowest BCUT2D eigenvalue weighted by atomic mass is 9.95. The number of piperazine rings is 1. The molecular formula is C37H48N6O. The van der Waals surface area contributed by atoms with E-state index < -0.39 is 0 Å². The molecule has 44 heavy (non-hydrogen) atoms. The van der Waals surface area contributed by atoms with E-state index in [-0.39, 0.29) is 11.9 Å². The Morgan fingerprint density at radius 2 is 1.57 bits per heavy atom. The molecule has 0 aliphatic carbocycles. The second kappa shape index (κ2) is 15.9. The third kappa shape index (κ3) is 7.58. The van der Waals surface area contributed by atoms with E-state index in [2.05, 4.69) is 46.1 Å². The van der Waals surface area contributed by atoms with E-state index in [1.807, 2.05) is 93.6 Å². The number of hydrogen-bond donors (Lipinski definition) is 2. The fraction of sp³-hybridized carbons (Fsp3) is 0.351. The first-order chi connectivity index (χ1) is 21.5. The van der Waals surface area contributed by atoms with Gasteiger partial charge in [-0.1, -0.05) is 99.6 Å². The standard InChI is InChI=1S/C35H42N6O.C2H6/c1-4-19-39(3)32(24-36)41-22-20-40(21-23-41)25-30-33(35(42)37-26(2)27-13-7-5-8-14-27)29-17-11-12-18-31(29)38-34(30)28-15-9-6-10-16-28;1-2/h5-18,24,26H,4,19-23,25,36H2,1-3H3,(H,37,42);1-2H3/b32-24+;/t26-;/m0./s1. The number of fused-ring (bicyclic) bond motifs is 1. The van der Waals surface area contributed by atoms with Crippen LogP contribution in [-0.4, -0.2) is 65.4 Å². The molecule has 1 aliphatic rings. The number of aromatic nitrogens is 1. The quantitative estimate of drug-likeness (QED) is 0.215. The molecule has 3 N–H and O–H groups in total. The Balaban J connectivity index is 0.00000216. The second-order valence-electron chi connectivity index (χ2n) is 11.0. The van der Waals surface area contributed by atoms with E-state index in [1.54, 1.807) is 6.20 Å². The summed E-state index contributed by atoms with van der Waals surface area (Å²) in [5.74, 6) is 0.995. The summed E-state index contributed by atoms with van der Waals surface area (Å²) in [6, 6.07) is 28.2. The largest absolute Gasteiger partial charge is 0.402 e. The topological polar surface area (TPSA) is 77.7 Å². The third-order valence-corrected chi connectivity index (χ3v) is 8.09. The van der Waals surface area contributed by atoms with Crippen LogP contribution in [0.3, 0.4) is 0 Å². The van der Waals surface area contributed by atoms with Crippen molar-refractivity contribution in [3.8, 4) is 11.3 Å². The zero-order chi connectivity index (χ0) is 31.5. The van der Waals surface area contributed by atoms with Crippen LogP contribution in [0.5, 0.6) is 0 Å². The normalized spacial score (nSPS) is 14.5. The van der Waals surface area contributed by atoms with Crippen molar-refractivity contribution in [2.24, 2.45) is 5.73 Å². The lowest BCUT2D eigenvalue weighted by molar-refractivity contribution is 0.0936. The fourth-order valence-electron chi connectivity index (χ4n) is 5.88. The number of pyridine rings is 1. The highest BCUT2D eigenvalue weighted by Gasteiger charge is 2.27. The Morgan fingerprint density at radius 1 is 0.955 bits per heavy atom. The molecule has 2 heterocycles. The van der Waals surface area contributed by atoms with Crippen LogP contribution in [0.1, 0.15) is 61.6 Å². The molecule has 0 spiro atoms. The summed E-state index contributed by atoms with van der Waals surface area (Å²) in [5.41, 5.74) is 11.5. The minimum Gasteiger partial charge on any atom is -0.402 e. The Bertz CT molecular complexity index is 1510. The lowest BCUT2D eigenvalue weighted by Gasteiger charge is -2.40. The predicted octanol–water partition coefficient (Wildman–Crippen LogP) is 6.64. The van der Waals surface area contributed by atoms with Gasteiger partial charge in [-0.3, -0.25) is 9.69 Å². The SMILES string of the molecule is CC.CCCN(C)/C(=C\N)N1CCN(Cc2c(-c3ccccc3)nc3ccccc3c2C(=O)N[C@@H](C)c2ccccc2)CC1. The molecule has 1 aliphatic heterocycles. The number of nitrogens with zero attached hydrogens (tertiary/aromatic N) is 4. The average Bonchev–Trinajstić information content (AvgIpc) is 3.07. The minimum atomic E-state index is -0.135. The van der Waals surface area contributed by atoms with Gasteiger partial charge < -0.3 is 20.9 Å². The van der Waals surface area contributed by atoms with Crippen LogP contribution in [0.25, 0.3) is 22.2 Å². The summed E-state index contributed by atoms with van der Waals surface area (Å²) in [5, 5.41) is 4.17. The van der Waals surface area contributed by atoms with Gasteiger partial charge in [0.1, 0.15) is 5.82 Å². The number of hydrogen-bond acceptors (Lipinski definition) is 6. The minimum absolute atomic E-state index is 0.0784. The van der Waals surface area contributed by atoms with Gasteiger partial charge in [0.15, 0.2) is 0 Å². The van der Waals surface area contributed by atoms with Crippen molar-refractivity contribution >= 4 is 16.8 Å². The van der Waals surface area contributed by atoms with Gasteiger partial charge in [-0.15, -0.1) is 0 Å². The molecule has 232 valence electrons. The van der Waals surface area contributed by atoms with E-state index >= 15 is 0 Å². The van der Waals surface area contributed by atoms with Crippen molar-refractivity contribution in [1.82, 2.24) is 25.0 Å². The zero-order valence-electron chi connectivity index (χ0n) is 27.0. The third-order valence-electron chi connectivity index (χ3n) is 8.09. The number of nitrogens with two attached hydrogens (primary N) is 1. The number of amides is 1. The highest BCUT2D eigenvalue weighted by Crippen LogP contribution is 2.32. The maximum atomic E-state index is 14.2. The Hall–Kier alpha value is -4.36. The number of para-hydroxylation sites is 1. The first-order valence-electron chi connectivity index (χ1n) is 15.9. The summed E-state index contributed by atoms with van der Waals surface area (Å²) < 4.78 is 0. The molecule has 1 fully saturated rings. The summed E-state index contributed by atoms with van der Waals surface area (Å²) in [4.78, 5) is 26.4. The van der Waals surface area contributed by atoms with Crippen LogP contribution in [-0.2, 0) is 6.54 Å². The first kappa shape index (κ1) is 32.6. The van der Waals surface area contributed by atoms with E-state index in [1.165, 1.54) is 0 Å². The molecule has 1 saturated heterocycles. The Morgan fingerprint density at radius 3 is 2.20 bits per heavy atom. The summed E-state index contributed by atoms with van der Waals surface area (Å²) in [6.07, 6.45) is 2.79. The summed E-state index contributed by atoms with van der Waals surface area (Å²) in [6.45, 7) is 13.3. The van der Waals surface area contributed by atoms with E-state index in [0.717, 1.165) is 78.3 Å². The van der Waals surface area contributed by atoms with Gasteiger partial charge in [0.25, 0.3) is 5.91 Å². The number of nitrogens with one attached hydrogen (secondary N) is 1. The summed E-state index contributed by atoms with van der Waals surface area (Å²) in [7, 11) is 2.10. The zero-order valence-corrected chi connectivity index (χ0v) is 27.0. The lowest BCUT2D eigenvalue weighted by Crippen LogP contribution is -2.48. The molecule has 0 unspecified atom stereocenters. The van der Waals surface area contributed by atoms with E-state index in [0.29, 0.717) is 12.1 Å². The maximum Gasteiger partial charge on any atom is 0.252 e. The molecule has 1 atom stereocenters. The Labute approximate surface area is 263 Å². The summed E-state index contributed by atoms with van der Waals surface area (Å²) >= 11 is 0. The van der Waals surface area contributed by atoms with Crippen molar-refractivity contribution in [3.05, 3.63) is 114 Å².